The van der Waals surface area contributed by atoms with E-state index in [0.29, 0.717) is 12.2 Å². The average Bonchev–Trinajstić information content (AvgIpc) is 2.51. The number of ketones is 1. The molecule has 0 heterocycles. The van der Waals surface area contributed by atoms with Crippen LogP contribution in [0.2, 0.25) is 0 Å². The molecular weight excluding hydrogens is 266 g/mol. The third-order valence-corrected chi connectivity index (χ3v) is 3.97. The second-order valence-corrected chi connectivity index (χ2v) is 5.43. The van der Waals surface area contributed by atoms with Crippen molar-refractivity contribution >= 4 is 11.7 Å². The highest BCUT2D eigenvalue weighted by Crippen LogP contribution is 2.29. The number of hydrogen-bond acceptors (Lipinski definition) is 3. The van der Waals surface area contributed by atoms with E-state index in [1.165, 1.54) is 0 Å². The molecule has 2 rings (SSSR count). The van der Waals surface area contributed by atoms with E-state index in [1.807, 2.05) is 18.2 Å². The van der Waals surface area contributed by atoms with Crippen molar-refractivity contribution in [3.8, 4) is 5.75 Å². The first kappa shape index (κ1) is 15.5. The Morgan fingerprint density at radius 1 is 1.29 bits per heavy atom. The van der Waals surface area contributed by atoms with Crippen LogP contribution in [0.3, 0.4) is 0 Å². The maximum atomic E-state index is 11.9. The van der Waals surface area contributed by atoms with Gasteiger partial charge in [0.15, 0.2) is 12.4 Å². The minimum atomic E-state index is -0.108. The molecule has 0 bridgehead atoms. The third kappa shape index (κ3) is 3.84. The number of hydrogen-bond donors (Lipinski definition) is 1. The number of carbonyl (C=O) groups excluding carboxylic acids is 2. The second kappa shape index (κ2) is 7.25. The van der Waals surface area contributed by atoms with E-state index in [9.17, 15) is 9.59 Å². The van der Waals surface area contributed by atoms with Crippen molar-refractivity contribution in [3.05, 3.63) is 29.3 Å². The Labute approximate surface area is 125 Å². The fourth-order valence-corrected chi connectivity index (χ4v) is 2.69. The van der Waals surface area contributed by atoms with Crippen LogP contribution in [0.1, 0.15) is 55.5 Å². The lowest BCUT2D eigenvalue weighted by Gasteiger charge is -2.19. The zero-order valence-corrected chi connectivity index (χ0v) is 12.8. The van der Waals surface area contributed by atoms with Crippen molar-refractivity contribution in [2.75, 3.05) is 6.61 Å². The highest BCUT2D eigenvalue weighted by atomic mass is 16.5. The number of fused-ring (bicyclic) bond motifs is 1. The summed E-state index contributed by atoms with van der Waals surface area (Å²) in [4.78, 5) is 23.7. The summed E-state index contributed by atoms with van der Waals surface area (Å²) < 4.78 is 5.64. The Morgan fingerprint density at radius 3 is 2.76 bits per heavy atom. The van der Waals surface area contributed by atoms with Crippen LogP contribution in [0.4, 0.5) is 0 Å². The highest BCUT2D eigenvalue weighted by molar-refractivity contribution is 5.99. The molecule has 0 radical (unpaired) electrons. The molecule has 1 amide bonds. The lowest BCUT2D eigenvalue weighted by molar-refractivity contribution is -0.123. The van der Waals surface area contributed by atoms with Crippen molar-refractivity contribution in [2.24, 2.45) is 0 Å². The molecule has 1 N–H and O–H groups in total. The van der Waals surface area contributed by atoms with Gasteiger partial charge in [-0.25, -0.2) is 0 Å². The molecule has 4 heteroatoms. The Bertz CT molecular complexity index is 521. The Kier molecular flexibility index (Phi) is 5.37. The zero-order chi connectivity index (χ0) is 15.2. The van der Waals surface area contributed by atoms with Crippen molar-refractivity contribution in [2.45, 2.75) is 52.0 Å². The van der Waals surface area contributed by atoms with Gasteiger partial charge in [0.05, 0.1) is 0 Å². The van der Waals surface area contributed by atoms with Gasteiger partial charge in [-0.1, -0.05) is 26.0 Å². The highest BCUT2D eigenvalue weighted by Gasteiger charge is 2.20. The summed E-state index contributed by atoms with van der Waals surface area (Å²) >= 11 is 0. The summed E-state index contributed by atoms with van der Waals surface area (Å²) in [5.74, 6) is 0.729. The molecule has 0 saturated carbocycles. The summed E-state index contributed by atoms with van der Waals surface area (Å²) in [6.45, 7) is 4.10. The molecule has 1 aromatic carbocycles. The van der Waals surface area contributed by atoms with Gasteiger partial charge in [-0.3, -0.25) is 9.59 Å². The van der Waals surface area contributed by atoms with E-state index in [-0.39, 0.29) is 24.3 Å². The van der Waals surface area contributed by atoms with E-state index < -0.39 is 0 Å². The van der Waals surface area contributed by atoms with Crippen molar-refractivity contribution in [1.82, 2.24) is 5.32 Å². The predicted molar refractivity (Wildman–Crippen MR) is 81.7 cm³/mol. The zero-order valence-electron chi connectivity index (χ0n) is 12.8. The SMILES string of the molecule is CCC(CC)NC(=O)COc1cccc2c1CCCC2=O. The van der Waals surface area contributed by atoms with Gasteiger partial charge in [0.25, 0.3) is 5.91 Å². The molecule has 0 aromatic heterocycles. The molecule has 0 aliphatic heterocycles. The molecule has 0 fully saturated rings. The summed E-state index contributed by atoms with van der Waals surface area (Å²) in [7, 11) is 0. The van der Waals surface area contributed by atoms with Crippen LogP contribution in [0.25, 0.3) is 0 Å². The topological polar surface area (TPSA) is 55.4 Å². The van der Waals surface area contributed by atoms with Gasteiger partial charge in [0, 0.05) is 23.6 Å². The molecule has 1 aliphatic rings. The first-order valence-corrected chi connectivity index (χ1v) is 7.73. The largest absolute Gasteiger partial charge is 0.483 e. The Hall–Kier alpha value is -1.84. The first-order valence-electron chi connectivity index (χ1n) is 7.73. The minimum Gasteiger partial charge on any atom is -0.483 e. The second-order valence-electron chi connectivity index (χ2n) is 5.43. The maximum Gasteiger partial charge on any atom is 0.258 e. The number of nitrogens with one attached hydrogen (secondary N) is 1. The molecule has 4 nitrogen and oxygen atoms in total. The number of amides is 1. The van der Waals surface area contributed by atoms with Gasteiger partial charge in [-0.2, -0.15) is 0 Å². The van der Waals surface area contributed by atoms with E-state index in [4.69, 9.17) is 4.74 Å². The summed E-state index contributed by atoms with van der Waals surface area (Å²) in [5.41, 5.74) is 1.70. The smallest absolute Gasteiger partial charge is 0.258 e. The molecular formula is C17H23NO3. The molecule has 0 atom stereocenters. The van der Waals surface area contributed by atoms with E-state index in [1.54, 1.807) is 0 Å². The van der Waals surface area contributed by atoms with Gasteiger partial charge >= 0.3 is 0 Å². The molecule has 1 aliphatic carbocycles. The monoisotopic (exact) mass is 289 g/mol. The summed E-state index contributed by atoms with van der Waals surface area (Å²) in [5, 5.41) is 2.94. The van der Waals surface area contributed by atoms with Gasteiger partial charge < -0.3 is 10.1 Å². The fourth-order valence-electron chi connectivity index (χ4n) is 2.69. The quantitative estimate of drug-likeness (QED) is 0.876. The van der Waals surface area contributed by atoms with Crippen LogP contribution in [0.5, 0.6) is 5.75 Å². The molecule has 21 heavy (non-hydrogen) atoms. The minimum absolute atomic E-state index is 0.00113. The number of rotatable bonds is 6. The average molecular weight is 289 g/mol. The van der Waals surface area contributed by atoms with Gasteiger partial charge in [-0.05, 0) is 31.7 Å². The fraction of sp³-hybridized carbons (Fsp3) is 0.529. The standard InChI is InChI=1S/C17H23NO3/c1-3-12(4-2)18-17(20)11-21-16-10-6-7-13-14(16)8-5-9-15(13)19/h6-7,10,12H,3-5,8-9,11H2,1-2H3,(H,18,20). The van der Waals surface area contributed by atoms with Gasteiger partial charge in [-0.15, -0.1) is 0 Å². The molecule has 0 spiro atoms. The lowest BCUT2D eigenvalue weighted by Crippen LogP contribution is -2.37. The predicted octanol–water partition coefficient (Wildman–Crippen LogP) is 2.89. The van der Waals surface area contributed by atoms with E-state index in [0.717, 1.165) is 36.8 Å². The van der Waals surface area contributed by atoms with E-state index >= 15 is 0 Å². The molecule has 0 unspecified atom stereocenters. The lowest BCUT2D eigenvalue weighted by atomic mass is 9.90. The number of benzene rings is 1. The molecule has 1 aromatic rings. The summed E-state index contributed by atoms with van der Waals surface area (Å²) in [6, 6.07) is 5.69. The van der Waals surface area contributed by atoms with Gasteiger partial charge in [0.2, 0.25) is 0 Å². The van der Waals surface area contributed by atoms with Crippen LogP contribution in [0, 0.1) is 0 Å². The number of ether oxygens (including phenoxy) is 1. The van der Waals surface area contributed by atoms with Crippen LogP contribution >= 0.6 is 0 Å². The van der Waals surface area contributed by atoms with Gasteiger partial charge in [0.1, 0.15) is 5.75 Å². The Balaban J connectivity index is 1.99. The van der Waals surface area contributed by atoms with E-state index in [2.05, 4.69) is 19.2 Å². The molecule has 114 valence electrons. The normalized spacial score (nSPS) is 14.0. The van der Waals surface area contributed by atoms with Crippen molar-refractivity contribution < 1.29 is 14.3 Å². The van der Waals surface area contributed by atoms with Crippen molar-refractivity contribution in [1.29, 1.82) is 0 Å². The molecule has 0 saturated heterocycles. The van der Waals surface area contributed by atoms with Crippen molar-refractivity contribution in [3.63, 3.8) is 0 Å². The number of Topliss-reactive ketones (excluding diaryl/α,β-unsaturated/α-hetero) is 1. The summed E-state index contributed by atoms with van der Waals surface area (Å²) in [6.07, 6.45) is 4.12. The Morgan fingerprint density at radius 2 is 2.05 bits per heavy atom. The third-order valence-electron chi connectivity index (χ3n) is 3.97. The maximum absolute atomic E-state index is 11.9. The van der Waals surface area contributed by atoms with Crippen LogP contribution in [-0.4, -0.2) is 24.3 Å². The van der Waals surface area contributed by atoms with Crippen LogP contribution in [0.15, 0.2) is 18.2 Å². The van der Waals surface area contributed by atoms with Crippen LogP contribution < -0.4 is 10.1 Å². The first-order chi connectivity index (χ1) is 10.2. The van der Waals surface area contributed by atoms with Crippen LogP contribution in [-0.2, 0) is 11.2 Å². The number of carbonyl (C=O) groups is 2.